The van der Waals surface area contributed by atoms with Crippen molar-refractivity contribution in [1.29, 1.82) is 0 Å². The summed E-state index contributed by atoms with van der Waals surface area (Å²) in [5.74, 6) is 1.71. The van der Waals surface area contributed by atoms with Crippen LogP contribution in [0.25, 0.3) is 5.65 Å². The number of hydrogen-bond acceptors (Lipinski definition) is 4. The number of aliphatic hydroxyl groups is 1. The first kappa shape index (κ1) is 18.3. The minimum absolute atomic E-state index is 0.0199. The van der Waals surface area contributed by atoms with Crippen molar-refractivity contribution < 1.29 is 14.7 Å². The molecule has 0 unspecified atom stereocenters. The van der Waals surface area contributed by atoms with E-state index in [4.69, 9.17) is 6.42 Å². The van der Waals surface area contributed by atoms with Crippen molar-refractivity contribution in [2.45, 2.75) is 32.5 Å². The molecule has 2 heterocycles. The minimum Gasteiger partial charge on any atom is -0.391 e. The third-order valence-electron chi connectivity index (χ3n) is 3.51. The van der Waals surface area contributed by atoms with Crippen molar-refractivity contribution in [1.82, 2.24) is 25.3 Å². The molecule has 132 valence electrons. The first-order valence-electron chi connectivity index (χ1n) is 7.78. The lowest BCUT2D eigenvalue weighted by molar-refractivity contribution is -0.124. The number of aryl methyl sites for hydroxylation is 1. The number of aliphatic hydroxyl groups excluding tert-OH is 1. The first-order valence-corrected chi connectivity index (χ1v) is 7.78. The Morgan fingerprint density at radius 1 is 1.44 bits per heavy atom. The highest BCUT2D eigenvalue weighted by molar-refractivity contribution is 5.87. The summed E-state index contributed by atoms with van der Waals surface area (Å²) < 4.78 is 1.85. The van der Waals surface area contributed by atoms with Crippen LogP contribution in [0.15, 0.2) is 24.5 Å². The third kappa shape index (κ3) is 4.96. The predicted molar refractivity (Wildman–Crippen MR) is 92.6 cm³/mol. The fraction of sp³-hybridized carbons (Fsp3) is 0.353. The first-order chi connectivity index (χ1) is 11.9. The van der Waals surface area contributed by atoms with Gasteiger partial charge in [0.25, 0.3) is 0 Å². The van der Waals surface area contributed by atoms with Gasteiger partial charge in [-0.2, -0.15) is 0 Å². The minimum atomic E-state index is -1.10. The molecular weight excluding hydrogens is 322 g/mol. The molecule has 4 N–H and O–H groups in total. The van der Waals surface area contributed by atoms with Crippen LogP contribution in [0.1, 0.15) is 18.2 Å². The Labute approximate surface area is 145 Å². The number of nitrogens with zero attached hydrogens (tertiary/aromatic N) is 2. The maximum Gasteiger partial charge on any atom is 0.315 e. The summed E-state index contributed by atoms with van der Waals surface area (Å²) in [5, 5.41) is 17.1. The highest BCUT2D eigenvalue weighted by Crippen LogP contribution is 2.07. The number of imidazole rings is 1. The van der Waals surface area contributed by atoms with Crippen molar-refractivity contribution in [3.05, 3.63) is 35.8 Å². The van der Waals surface area contributed by atoms with Gasteiger partial charge in [-0.3, -0.25) is 4.79 Å². The highest BCUT2D eigenvalue weighted by atomic mass is 16.3. The maximum absolute atomic E-state index is 12.0. The van der Waals surface area contributed by atoms with E-state index >= 15 is 0 Å². The number of hydrogen-bond donors (Lipinski definition) is 4. The van der Waals surface area contributed by atoms with Gasteiger partial charge in [-0.15, -0.1) is 6.42 Å². The van der Waals surface area contributed by atoms with Crippen molar-refractivity contribution >= 4 is 17.6 Å². The molecule has 0 fully saturated rings. The van der Waals surface area contributed by atoms with Crippen LogP contribution in [0.5, 0.6) is 0 Å². The Hall–Kier alpha value is -3.05. The zero-order chi connectivity index (χ0) is 18.4. The number of rotatable bonds is 6. The molecule has 8 heteroatoms. The third-order valence-corrected chi connectivity index (χ3v) is 3.51. The van der Waals surface area contributed by atoms with Gasteiger partial charge in [0.1, 0.15) is 11.7 Å². The highest BCUT2D eigenvalue weighted by Gasteiger charge is 2.25. The molecular formula is C17H21N5O3. The predicted octanol–water partition coefficient (Wildman–Crippen LogP) is -0.0593. The van der Waals surface area contributed by atoms with E-state index in [-0.39, 0.29) is 13.1 Å². The van der Waals surface area contributed by atoms with Gasteiger partial charge in [0.15, 0.2) is 0 Å². The van der Waals surface area contributed by atoms with E-state index in [0.717, 1.165) is 11.2 Å². The van der Waals surface area contributed by atoms with Crippen molar-refractivity contribution in [2.24, 2.45) is 0 Å². The SMILES string of the molecule is C#CCNC(=O)[C@@H](NC(=O)NCc1cn2ccc(C)cc2n1)[C@@H](C)O. The summed E-state index contributed by atoms with van der Waals surface area (Å²) in [7, 11) is 0. The molecule has 8 nitrogen and oxygen atoms in total. The fourth-order valence-electron chi connectivity index (χ4n) is 2.24. The van der Waals surface area contributed by atoms with Crippen LogP contribution in [-0.4, -0.2) is 45.1 Å². The number of terminal acetylenes is 1. The van der Waals surface area contributed by atoms with Gasteiger partial charge >= 0.3 is 6.03 Å². The van der Waals surface area contributed by atoms with Gasteiger partial charge in [0.05, 0.1) is 24.9 Å². The normalized spacial score (nSPS) is 12.9. The summed E-state index contributed by atoms with van der Waals surface area (Å²) in [6.07, 6.45) is 7.70. The van der Waals surface area contributed by atoms with E-state index in [1.54, 1.807) is 6.20 Å². The Kier molecular flexibility index (Phi) is 5.98. The van der Waals surface area contributed by atoms with E-state index in [1.807, 2.05) is 29.7 Å². The second kappa shape index (κ2) is 8.17. The van der Waals surface area contributed by atoms with Gasteiger partial charge in [-0.05, 0) is 31.5 Å². The van der Waals surface area contributed by atoms with E-state index in [9.17, 15) is 14.7 Å². The largest absolute Gasteiger partial charge is 0.391 e. The summed E-state index contributed by atoms with van der Waals surface area (Å²) in [4.78, 5) is 28.3. The number of amides is 3. The topological polar surface area (TPSA) is 108 Å². The molecule has 0 spiro atoms. The maximum atomic E-state index is 12.0. The lowest BCUT2D eigenvalue weighted by Crippen LogP contribution is -2.54. The smallest absolute Gasteiger partial charge is 0.315 e. The van der Waals surface area contributed by atoms with Gasteiger partial charge in [0, 0.05) is 12.4 Å². The molecule has 3 amide bonds. The summed E-state index contributed by atoms with van der Waals surface area (Å²) in [6.45, 7) is 3.59. The number of nitrogens with one attached hydrogen (secondary N) is 3. The van der Waals surface area contributed by atoms with E-state index in [2.05, 4.69) is 26.9 Å². The van der Waals surface area contributed by atoms with Crippen LogP contribution in [0.3, 0.4) is 0 Å². The quantitative estimate of drug-likeness (QED) is 0.551. The van der Waals surface area contributed by atoms with Crippen molar-refractivity contribution in [2.75, 3.05) is 6.54 Å². The second-order valence-electron chi connectivity index (χ2n) is 5.67. The standard InChI is InChI=1S/C17H21N5O3/c1-4-6-18-16(24)15(12(3)23)21-17(25)19-9-13-10-22-7-5-11(2)8-14(22)20-13/h1,5,7-8,10,12,15,23H,6,9H2,2-3H3,(H,18,24)(H2,19,21,25)/t12-,15+/m1/s1. The molecule has 0 aliphatic rings. The molecule has 0 bridgehead atoms. The Morgan fingerprint density at radius 3 is 2.88 bits per heavy atom. The number of pyridine rings is 1. The number of aromatic nitrogens is 2. The molecule has 0 saturated carbocycles. The molecule has 0 aromatic carbocycles. The number of carbonyl (C=O) groups is 2. The molecule has 0 aliphatic carbocycles. The van der Waals surface area contributed by atoms with E-state index in [1.165, 1.54) is 6.92 Å². The lowest BCUT2D eigenvalue weighted by atomic mass is 10.1. The fourth-order valence-corrected chi connectivity index (χ4v) is 2.24. The van der Waals surface area contributed by atoms with Gasteiger partial charge in [0.2, 0.25) is 5.91 Å². The van der Waals surface area contributed by atoms with Crippen LogP contribution in [0.2, 0.25) is 0 Å². The molecule has 2 aromatic heterocycles. The average molecular weight is 343 g/mol. The molecule has 2 rings (SSSR count). The van der Waals surface area contributed by atoms with Crippen LogP contribution in [0, 0.1) is 19.3 Å². The Bertz CT molecular complexity index is 806. The molecule has 2 atom stereocenters. The average Bonchev–Trinajstić information content (AvgIpc) is 2.97. The van der Waals surface area contributed by atoms with Crippen LogP contribution < -0.4 is 16.0 Å². The molecule has 0 aliphatic heterocycles. The van der Waals surface area contributed by atoms with Crippen molar-refractivity contribution in [3.63, 3.8) is 0 Å². The van der Waals surface area contributed by atoms with Crippen LogP contribution in [0.4, 0.5) is 4.79 Å². The molecule has 25 heavy (non-hydrogen) atoms. The summed E-state index contributed by atoms with van der Waals surface area (Å²) in [5.41, 5.74) is 2.55. The van der Waals surface area contributed by atoms with Crippen molar-refractivity contribution in [3.8, 4) is 12.3 Å². The van der Waals surface area contributed by atoms with Crippen LogP contribution in [-0.2, 0) is 11.3 Å². The number of urea groups is 1. The zero-order valence-corrected chi connectivity index (χ0v) is 14.1. The molecule has 0 saturated heterocycles. The van der Waals surface area contributed by atoms with Gasteiger partial charge in [-0.1, -0.05) is 5.92 Å². The Balaban J connectivity index is 1.93. The van der Waals surface area contributed by atoms with Gasteiger partial charge in [-0.25, -0.2) is 9.78 Å². The van der Waals surface area contributed by atoms with E-state index < -0.39 is 24.1 Å². The Morgan fingerprint density at radius 2 is 2.20 bits per heavy atom. The van der Waals surface area contributed by atoms with Gasteiger partial charge < -0.3 is 25.5 Å². The summed E-state index contributed by atoms with van der Waals surface area (Å²) >= 11 is 0. The number of carbonyl (C=O) groups excluding carboxylic acids is 2. The molecule has 2 aromatic rings. The second-order valence-corrected chi connectivity index (χ2v) is 5.67. The summed E-state index contributed by atoms with van der Waals surface area (Å²) in [6, 6.07) is 2.20. The molecule has 0 radical (unpaired) electrons. The van der Waals surface area contributed by atoms with E-state index in [0.29, 0.717) is 5.69 Å². The lowest BCUT2D eigenvalue weighted by Gasteiger charge is -2.20. The zero-order valence-electron chi connectivity index (χ0n) is 14.1. The number of fused-ring (bicyclic) bond motifs is 1. The van der Waals surface area contributed by atoms with Crippen LogP contribution >= 0.6 is 0 Å². The monoisotopic (exact) mass is 343 g/mol.